The summed E-state index contributed by atoms with van der Waals surface area (Å²) in [7, 11) is 0. The Morgan fingerprint density at radius 2 is 1.53 bits per heavy atom. The summed E-state index contributed by atoms with van der Waals surface area (Å²) in [6.07, 6.45) is 13.1. The predicted molar refractivity (Wildman–Crippen MR) is 81.4 cm³/mol. The molecule has 3 fully saturated rings. The normalized spacial score (nSPS) is 34.6. The van der Waals surface area contributed by atoms with Gasteiger partial charge in [0.25, 0.3) is 0 Å². The van der Waals surface area contributed by atoms with Crippen molar-refractivity contribution in [2.75, 3.05) is 19.6 Å². The number of nitrogens with one attached hydrogen (secondary N) is 1. The lowest BCUT2D eigenvalue weighted by molar-refractivity contribution is 0.0934. The van der Waals surface area contributed by atoms with Crippen LogP contribution >= 0.6 is 0 Å². The summed E-state index contributed by atoms with van der Waals surface area (Å²) in [6.45, 7) is 6.40. The van der Waals surface area contributed by atoms with E-state index >= 15 is 0 Å². The van der Waals surface area contributed by atoms with E-state index in [1.54, 1.807) is 0 Å². The Hall–Kier alpha value is -0.0800. The second kappa shape index (κ2) is 6.58. The highest BCUT2D eigenvalue weighted by Gasteiger charge is 2.29. The molecular formula is C17H32N2. The molecule has 1 saturated heterocycles. The molecule has 19 heavy (non-hydrogen) atoms. The Bertz CT molecular complexity index is 258. The molecule has 2 nitrogen and oxygen atoms in total. The SMILES string of the molecule is CCC1CCC(N2CCC(CNC3CC3)CC2)CC1. The summed E-state index contributed by atoms with van der Waals surface area (Å²) in [5, 5.41) is 3.72. The molecule has 0 spiro atoms. The highest BCUT2D eigenvalue weighted by Crippen LogP contribution is 2.31. The largest absolute Gasteiger partial charge is 0.314 e. The van der Waals surface area contributed by atoms with Crippen LogP contribution in [-0.2, 0) is 0 Å². The Balaban J connectivity index is 1.35. The first-order valence-electron chi connectivity index (χ1n) is 8.82. The maximum atomic E-state index is 3.72. The fourth-order valence-electron chi connectivity index (χ4n) is 4.06. The molecule has 0 bridgehead atoms. The fourth-order valence-corrected chi connectivity index (χ4v) is 4.06. The minimum absolute atomic E-state index is 0.891. The van der Waals surface area contributed by atoms with Crippen LogP contribution < -0.4 is 5.32 Å². The monoisotopic (exact) mass is 264 g/mol. The maximum absolute atomic E-state index is 3.72. The van der Waals surface area contributed by atoms with E-state index in [9.17, 15) is 0 Å². The van der Waals surface area contributed by atoms with Gasteiger partial charge in [0.2, 0.25) is 0 Å². The molecule has 2 saturated carbocycles. The Morgan fingerprint density at radius 3 is 2.11 bits per heavy atom. The van der Waals surface area contributed by atoms with Gasteiger partial charge in [-0.15, -0.1) is 0 Å². The zero-order chi connectivity index (χ0) is 13.1. The lowest BCUT2D eigenvalue weighted by atomic mass is 9.83. The second-order valence-corrected chi connectivity index (χ2v) is 7.24. The average Bonchev–Trinajstić information content (AvgIpc) is 3.30. The van der Waals surface area contributed by atoms with Crippen LogP contribution in [-0.4, -0.2) is 36.6 Å². The molecular weight excluding hydrogens is 232 g/mol. The quantitative estimate of drug-likeness (QED) is 0.818. The van der Waals surface area contributed by atoms with Crippen LogP contribution in [0.2, 0.25) is 0 Å². The van der Waals surface area contributed by atoms with E-state index in [1.807, 2.05) is 0 Å². The lowest BCUT2D eigenvalue weighted by Crippen LogP contribution is -2.44. The van der Waals surface area contributed by atoms with E-state index in [2.05, 4.69) is 17.1 Å². The van der Waals surface area contributed by atoms with Crippen molar-refractivity contribution in [1.29, 1.82) is 0 Å². The van der Waals surface area contributed by atoms with Gasteiger partial charge in [-0.05, 0) is 82.8 Å². The van der Waals surface area contributed by atoms with Crippen LogP contribution in [0.1, 0.15) is 64.7 Å². The first-order valence-corrected chi connectivity index (χ1v) is 8.82. The summed E-state index contributed by atoms with van der Waals surface area (Å²) >= 11 is 0. The molecule has 3 aliphatic rings. The number of piperidine rings is 1. The van der Waals surface area contributed by atoms with E-state index in [-0.39, 0.29) is 0 Å². The zero-order valence-corrected chi connectivity index (χ0v) is 12.7. The molecule has 0 radical (unpaired) electrons. The fraction of sp³-hybridized carbons (Fsp3) is 1.00. The first kappa shape index (κ1) is 13.9. The molecule has 0 aromatic carbocycles. The van der Waals surface area contributed by atoms with Gasteiger partial charge in [0.1, 0.15) is 0 Å². The molecule has 2 aliphatic carbocycles. The molecule has 3 rings (SSSR count). The molecule has 0 amide bonds. The number of hydrogen-bond acceptors (Lipinski definition) is 2. The highest BCUT2D eigenvalue weighted by atomic mass is 15.2. The van der Waals surface area contributed by atoms with E-state index < -0.39 is 0 Å². The van der Waals surface area contributed by atoms with Crippen molar-refractivity contribution in [3.05, 3.63) is 0 Å². The molecule has 1 heterocycles. The molecule has 0 aromatic rings. The molecule has 0 unspecified atom stereocenters. The van der Waals surface area contributed by atoms with Crippen molar-refractivity contribution in [3.8, 4) is 0 Å². The van der Waals surface area contributed by atoms with Crippen LogP contribution in [0.15, 0.2) is 0 Å². The van der Waals surface area contributed by atoms with Gasteiger partial charge in [0.15, 0.2) is 0 Å². The summed E-state index contributed by atoms with van der Waals surface area (Å²) in [5.41, 5.74) is 0. The van der Waals surface area contributed by atoms with E-state index in [0.29, 0.717) is 0 Å². The van der Waals surface area contributed by atoms with Crippen molar-refractivity contribution in [2.45, 2.75) is 76.8 Å². The standard InChI is InChI=1S/C17H32N2/c1-2-14-3-7-17(8-4-14)19-11-9-15(10-12-19)13-18-16-5-6-16/h14-18H,2-13H2,1H3. The summed E-state index contributed by atoms with van der Waals surface area (Å²) in [4.78, 5) is 2.82. The van der Waals surface area contributed by atoms with Crippen molar-refractivity contribution >= 4 is 0 Å². The molecule has 0 aromatic heterocycles. The van der Waals surface area contributed by atoms with Crippen molar-refractivity contribution < 1.29 is 0 Å². The first-order chi connectivity index (χ1) is 9.35. The predicted octanol–water partition coefficient (Wildman–Crippen LogP) is 3.42. The van der Waals surface area contributed by atoms with Crippen molar-refractivity contribution in [2.24, 2.45) is 11.8 Å². The minimum Gasteiger partial charge on any atom is -0.314 e. The van der Waals surface area contributed by atoms with E-state index in [1.165, 1.54) is 77.4 Å². The summed E-state index contributed by atoms with van der Waals surface area (Å²) in [6, 6.07) is 1.82. The Kier molecular flexibility index (Phi) is 4.81. The summed E-state index contributed by atoms with van der Waals surface area (Å²) < 4.78 is 0. The van der Waals surface area contributed by atoms with Crippen LogP contribution in [0.25, 0.3) is 0 Å². The molecule has 0 atom stereocenters. The van der Waals surface area contributed by atoms with Gasteiger partial charge in [-0.1, -0.05) is 13.3 Å². The van der Waals surface area contributed by atoms with Gasteiger partial charge in [-0.3, -0.25) is 0 Å². The Labute approximate surface area is 119 Å². The minimum atomic E-state index is 0.891. The van der Waals surface area contributed by atoms with Crippen molar-refractivity contribution in [1.82, 2.24) is 10.2 Å². The zero-order valence-electron chi connectivity index (χ0n) is 12.7. The maximum Gasteiger partial charge on any atom is 0.00954 e. The number of hydrogen-bond donors (Lipinski definition) is 1. The van der Waals surface area contributed by atoms with Gasteiger partial charge in [-0.2, -0.15) is 0 Å². The van der Waals surface area contributed by atoms with Crippen LogP contribution in [0.5, 0.6) is 0 Å². The third-order valence-electron chi connectivity index (χ3n) is 5.83. The number of rotatable bonds is 5. The second-order valence-electron chi connectivity index (χ2n) is 7.24. The van der Waals surface area contributed by atoms with Gasteiger partial charge in [0.05, 0.1) is 0 Å². The van der Waals surface area contributed by atoms with Gasteiger partial charge in [-0.25, -0.2) is 0 Å². The number of likely N-dealkylation sites (tertiary alicyclic amines) is 1. The molecule has 110 valence electrons. The highest BCUT2D eigenvalue weighted by molar-refractivity contribution is 4.86. The van der Waals surface area contributed by atoms with E-state index in [0.717, 1.165) is 23.9 Å². The van der Waals surface area contributed by atoms with Crippen molar-refractivity contribution in [3.63, 3.8) is 0 Å². The van der Waals surface area contributed by atoms with Gasteiger partial charge >= 0.3 is 0 Å². The van der Waals surface area contributed by atoms with Crippen LogP contribution in [0, 0.1) is 11.8 Å². The third-order valence-corrected chi connectivity index (χ3v) is 5.83. The van der Waals surface area contributed by atoms with Gasteiger partial charge < -0.3 is 10.2 Å². The van der Waals surface area contributed by atoms with Crippen LogP contribution in [0.4, 0.5) is 0 Å². The number of nitrogens with zero attached hydrogens (tertiary/aromatic N) is 1. The Morgan fingerprint density at radius 1 is 0.842 bits per heavy atom. The molecule has 1 aliphatic heterocycles. The van der Waals surface area contributed by atoms with Gasteiger partial charge in [0, 0.05) is 12.1 Å². The third kappa shape index (κ3) is 3.95. The van der Waals surface area contributed by atoms with Crippen LogP contribution in [0.3, 0.4) is 0 Å². The smallest absolute Gasteiger partial charge is 0.00954 e. The summed E-state index contributed by atoms with van der Waals surface area (Å²) in [5.74, 6) is 2.00. The lowest BCUT2D eigenvalue weighted by Gasteiger charge is -2.40. The average molecular weight is 264 g/mol. The topological polar surface area (TPSA) is 15.3 Å². The molecule has 2 heteroatoms. The molecule has 1 N–H and O–H groups in total. The van der Waals surface area contributed by atoms with E-state index in [4.69, 9.17) is 0 Å².